The van der Waals surface area contributed by atoms with Gasteiger partial charge in [0.25, 0.3) is 0 Å². The van der Waals surface area contributed by atoms with Crippen LogP contribution in [0.5, 0.6) is 23.0 Å². The van der Waals surface area contributed by atoms with E-state index in [1.54, 1.807) is 37.8 Å². The van der Waals surface area contributed by atoms with E-state index in [0.717, 1.165) is 21.2 Å². The topological polar surface area (TPSA) is 60.5 Å². The van der Waals surface area contributed by atoms with Crippen LogP contribution in [0.4, 0.5) is 0 Å². The van der Waals surface area contributed by atoms with Crippen molar-refractivity contribution >= 4 is 36.6 Å². The number of rotatable bonds is 10. The molecule has 3 rings (SSSR count). The molecular weight excluding hydrogens is 482 g/mol. The lowest BCUT2D eigenvalue weighted by Crippen LogP contribution is -2.38. The standard InChI is InChI=1S/C26H34N2O5P2/c1-27(2)35(29,28(3)4)26-12-10-9-11-25(26)34(23-15-13-19(30-5)17-21(23)32-7)24-16-14-20(31-6)18-22(24)33-8/h9-18H,1-8H3. The Labute approximate surface area is 209 Å². The maximum Gasteiger partial charge on any atom is 0.245 e. The minimum absolute atomic E-state index is 0.688. The van der Waals surface area contributed by atoms with Gasteiger partial charge in [0.1, 0.15) is 23.0 Å². The molecule has 188 valence electrons. The van der Waals surface area contributed by atoms with Crippen LogP contribution in [0.15, 0.2) is 60.7 Å². The second kappa shape index (κ2) is 11.5. The predicted octanol–water partition coefficient (Wildman–Crippen LogP) is 3.42. The van der Waals surface area contributed by atoms with Crippen LogP contribution in [-0.4, -0.2) is 66.0 Å². The van der Waals surface area contributed by atoms with E-state index in [2.05, 4.69) is 0 Å². The summed E-state index contributed by atoms with van der Waals surface area (Å²) in [5, 5.41) is 3.66. The fourth-order valence-corrected chi connectivity index (χ4v) is 9.46. The molecule has 9 heteroatoms. The molecule has 0 aromatic heterocycles. The van der Waals surface area contributed by atoms with Crippen LogP contribution in [-0.2, 0) is 4.57 Å². The minimum Gasteiger partial charge on any atom is -0.497 e. The molecule has 7 nitrogen and oxygen atoms in total. The molecular formula is C26H34N2O5P2. The Morgan fingerprint density at radius 1 is 0.629 bits per heavy atom. The van der Waals surface area contributed by atoms with Crippen LogP contribution >= 0.6 is 15.4 Å². The van der Waals surface area contributed by atoms with Gasteiger partial charge in [0, 0.05) is 28.0 Å². The molecule has 0 aliphatic carbocycles. The first-order chi connectivity index (χ1) is 16.7. The Morgan fingerprint density at radius 2 is 1.09 bits per heavy atom. The van der Waals surface area contributed by atoms with Gasteiger partial charge in [-0.05, 0) is 71.7 Å². The monoisotopic (exact) mass is 516 g/mol. The van der Waals surface area contributed by atoms with E-state index in [4.69, 9.17) is 18.9 Å². The Bertz CT molecular complexity index is 1150. The number of hydrogen-bond donors (Lipinski definition) is 0. The summed E-state index contributed by atoms with van der Waals surface area (Å²) >= 11 is 0. The molecule has 35 heavy (non-hydrogen) atoms. The molecule has 0 N–H and O–H groups in total. The van der Waals surface area contributed by atoms with Crippen molar-refractivity contribution in [3.63, 3.8) is 0 Å². The van der Waals surface area contributed by atoms with E-state index in [1.807, 2.05) is 88.9 Å². The van der Waals surface area contributed by atoms with Crippen LogP contribution in [0.1, 0.15) is 0 Å². The molecule has 0 unspecified atom stereocenters. The van der Waals surface area contributed by atoms with Crippen molar-refractivity contribution in [2.45, 2.75) is 0 Å². The normalized spacial score (nSPS) is 11.7. The molecule has 0 aliphatic rings. The van der Waals surface area contributed by atoms with Crippen LogP contribution in [0.3, 0.4) is 0 Å². The highest BCUT2D eigenvalue weighted by Gasteiger charge is 2.36. The maximum absolute atomic E-state index is 14.5. The molecule has 0 saturated carbocycles. The fraction of sp³-hybridized carbons (Fsp3) is 0.308. The van der Waals surface area contributed by atoms with Gasteiger partial charge in [0.15, 0.2) is 0 Å². The zero-order valence-corrected chi connectivity index (χ0v) is 23.4. The predicted molar refractivity (Wildman–Crippen MR) is 146 cm³/mol. The summed E-state index contributed by atoms with van der Waals surface area (Å²) in [6.07, 6.45) is 0. The number of ether oxygens (including phenoxy) is 4. The molecule has 0 atom stereocenters. The molecule has 3 aromatic carbocycles. The average Bonchev–Trinajstić information content (AvgIpc) is 2.88. The van der Waals surface area contributed by atoms with Crippen molar-refractivity contribution in [2.24, 2.45) is 0 Å². The van der Waals surface area contributed by atoms with Gasteiger partial charge in [0.2, 0.25) is 7.44 Å². The third-order valence-corrected chi connectivity index (χ3v) is 11.7. The molecule has 0 bridgehead atoms. The summed E-state index contributed by atoms with van der Waals surface area (Å²) in [7, 11) is 9.62. The van der Waals surface area contributed by atoms with Gasteiger partial charge in [-0.15, -0.1) is 0 Å². The highest BCUT2D eigenvalue weighted by atomic mass is 31.2. The van der Waals surface area contributed by atoms with Gasteiger partial charge in [0.05, 0.1) is 28.4 Å². The third kappa shape index (κ3) is 5.19. The van der Waals surface area contributed by atoms with Gasteiger partial charge in [-0.3, -0.25) is 4.57 Å². The number of benzene rings is 3. The Morgan fingerprint density at radius 3 is 1.49 bits per heavy atom. The smallest absolute Gasteiger partial charge is 0.245 e. The van der Waals surface area contributed by atoms with Crippen LogP contribution in [0.25, 0.3) is 0 Å². The van der Waals surface area contributed by atoms with Crippen molar-refractivity contribution in [3.05, 3.63) is 60.7 Å². The Hall–Kier alpha value is -2.56. The first kappa shape index (κ1) is 27.0. The van der Waals surface area contributed by atoms with E-state index >= 15 is 0 Å². The summed E-state index contributed by atoms with van der Waals surface area (Å²) in [6, 6.07) is 19.5. The van der Waals surface area contributed by atoms with Crippen LogP contribution in [0, 0.1) is 0 Å². The Balaban J connectivity index is 2.42. The first-order valence-corrected chi connectivity index (χ1v) is 14.0. The number of hydrogen-bond acceptors (Lipinski definition) is 5. The van der Waals surface area contributed by atoms with Crippen molar-refractivity contribution in [2.75, 3.05) is 56.6 Å². The second-order valence-electron chi connectivity index (χ2n) is 8.14. The lowest BCUT2D eigenvalue weighted by Gasteiger charge is -2.34. The van der Waals surface area contributed by atoms with Gasteiger partial charge in [-0.25, -0.2) is 9.34 Å². The van der Waals surface area contributed by atoms with Gasteiger partial charge >= 0.3 is 0 Å². The van der Waals surface area contributed by atoms with E-state index < -0.39 is 15.4 Å². The average molecular weight is 517 g/mol. The lowest BCUT2D eigenvalue weighted by molar-refractivity contribution is 0.396. The number of nitrogens with zero attached hydrogens (tertiary/aromatic N) is 2. The van der Waals surface area contributed by atoms with Crippen molar-refractivity contribution in [3.8, 4) is 23.0 Å². The van der Waals surface area contributed by atoms with Crippen molar-refractivity contribution < 1.29 is 23.5 Å². The van der Waals surface area contributed by atoms with Gasteiger partial charge in [-0.1, -0.05) is 18.2 Å². The van der Waals surface area contributed by atoms with E-state index in [1.165, 1.54) is 0 Å². The fourth-order valence-electron chi connectivity index (χ4n) is 4.02. The zero-order chi connectivity index (χ0) is 25.8. The third-order valence-electron chi connectivity index (χ3n) is 5.78. The van der Waals surface area contributed by atoms with Gasteiger partial charge < -0.3 is 18.9 Å². The second-order valence-corrected chi connectivity index (χ2v) is 13.4. The molecule has 0 spiro atoms. The van der Waals surface area contributed by atoms with Crippen LogP contribution < -0.4 is 40.2 Å². The molecule has 0 aliphatic heterocycles. The summed E-state index contributed by atoms with van der Waals surface area (Å²) in [4.78, 5) is 0. The quantitative estimate of drug-likeness (QED) is 0.383. The lowest BCUT2D eigenvalue weighted by atomic mass is 10.3. The van der Waals surface area contributed by atoms with E-state index in [9.17, 15) is 4.57 Å². The van der Waals surface area contributed by atoms with Crippen molar-refractivity contribution in [1.29, 1.82) is 0 Å². The molecule has 0 fully saturated rings. The highest BCUT2D eigenvalue weighted by Crippen LogP contribution is 2.51. The summed E-state index contributed by atoms with van der Waals surface area (Å²) < 4.78 is 40.6. The summed E-state index contributed by atoms with van der Waals surface area (Å²) in [5.74, 6) is 2.77. The SMILES string of the molecule is COc1ccc(P(c2ccc(OC)cc2OC)c2ccccc2P(=O)(N(C)C)N(C)C)c(OC)c1. The maximum atomic E-state index is 14.5. The summed E-state index contributed by atoms with van der Waals surface area (Å²) in [6.45, 7) is 0. The van der Waals surface area contributed by atoms with Gasteiger partial charge in [-0.2, -0.15) is 0 Å². The molecule has 3 aromatic rings. The largest absolute Gasteiger partial charge is 0.497 e. The van der Waals surface area contributed by atoms with E-state index in [0.29, 0.717) is 23.0 Å². The first-order valence-electron chi connectivity index (χ1n) is 11.0. The Kier molecular flexibility index (Phi) is 8.84. The molecule has 0 heterocycles. The minimum atomic E-state index is -3.07. The van der Waals surface area contributed by atoms with Crippen molar-refractivity contribution in [1.82, 2.24) is 9.34 Å². The zero-order valence-electron chi connectivity index (χ0n) is 21.6. The molecule has 0 amide bonds. The highest BCUT2D eigenvalue weighted by molar-refractivity contribution is 7.82. The molecule has 0 radical (unpaired) electrons. The molecule has 0 saturated heterocycles. The van der Waals surface area contributed by atoms with E-state index in [-0.39, 0.29) is 0 Å². The number of methoxy groups -OCH3 is 4. The van der Waals surface area contributed by atoms with Crippen LogP contribution in [0.2, 0.25) is 0 Å². The summed E-state index contributed by atoms with van der Waals surface area (Å²) in [5.41, 5.74) is 0.